The van der Waals surface area contributed by atoms with Crippen molar-refractivity contribution in [1.82, 2.24) is 4.98 Å². The van der Waals surface area contributed by atoms with Crippen LogP contribution in [-0.2, 0) is 9.36 Å². The number of benzene rings is 2. The van der Waals surface area contributed by atoms with Crippen LogP contribution in [0.25, 0.3) is 32.7 Å². The first kappa shape index (κ1) is 22.2. The molecule has 0 aliphatic carbocycles. The van der Waals surface area contributed by atoms with E-state index in [1.54, 1.807) is 6.07 Å². The fraction of sp³-hybridized carbons (Fsp3) is 0.182. The number of anilines is 1. The third kappa shape index (κ3) is 4.33. The maximum absolute atomic E-state index is 12.1. The van der Waals surface area contributed by atoms with Gasteiger partial charge in [0.15, 0.2) is 5.13 Å². The average molecular weight is 472 g/mol. The van der Waals surface area contributed by atoms with E-state index >= 15 is 0 Å². The Bertz CT molecular complexity index is 1350. The second-order valence-electron chi connectivity index (χ2n) is 7.41. The molecule has 0 radical (unpaired) electrons. The molecular formula is C22H21N2O6PS. The maximum atomic E-state index is 12.1. The zero-order chi connectivity index (χ0) is 23.0. The molecule has 8 nitrogen and oxygen atoms in total. The lowest BCUT2D eigenvalue weighted by molar-refractivity contribution is -0.118. The van der Waals surface area contributed by atoms with Crippen LogP contribution in [0.5, 0.6) is 5.75 Å². The average Bonchev–Trinajstić information content (AvgIpc) is 3.39. The summed E-state index contributed by atoms with van der Waals surface area (Å²) in [7, 11) is -3.00. The van der Waals surface area contributed by atoms with Gasteiger partial charge in [-0.1, -0.05) is 43.4 Å². The number of hydrogen-bond donors (Lipinski definition) is 3. The number of ether oxygens (including phenoxy) is 1. The van der Waals surface area contributed by atoms with Crippen molar-refractivity contribution in [1.29, 1.82) is 0 Å². The van der Waals surface area contributed by atoms with Gasteiger partial charge in [0.25, 0.3) is 0 Å². The van der Waals surface area contributed by atoms with Crippen molar-refractivity contribution in [2.24, 2.45) is 5.92 Å². The highest BCUT2D eigenvalue weighted by Gasteiger charge is 2.23. The monoisotopic (exact) mass is 472 g/mol. The summed E-state index contributed by atoms with van der Waals surface area (Å²) in [5, 5.41) is 3.37. The minimum absolute atomic E-state index is 0.101. The lowest BCUT2D eigenvalue weighted by Crippen LogP contribution is -2.17. The number of aromatic nitrogens is 1. The third-order valence-corrected chi connectivity index (χ3v) is 6.66. The van der Waals surface area contributed by atoms with Crippen molar-refractivity contribution in [3.05, 3.63) is 48.5 Å². The summed E-state index contributed by atoms with van der Waals surface area (Å²) >= 11 is 1.38. The molecule has 0 fully saturated rings. The molecular weight excluding hydrogens is 451 g/mol. The van der Waals surface area contributed by atoms with Gasteiger partial charge in [-0.15, -0.1) is 0 Å². The molecule has 0 unspecified atom stereocenters. The fourth-order valence-corrected chi connectivity index (χ4v) is 4.67. The molecule has 0 aliphatic rings. The van der Waals surface area contributed by atoms with Crippen molar-refractivity contribution in [2.75, 3.05) is 12.4 Å². The minimum atomic E-state index is -4.51. The number of hydrogen-bond acceptors (Lipinski definition) is 6. The summed E-state index contributed by atoms with van der Waals surface area (Å²) in [5.41, 5.74) is 2.64. The van der Waals surface area contributed by atoms with Crippen LogP contribution in [0.2, 0.25) is 0 Å². The van der Waals surface area contributed by atoms with E-state index < -0.39 is 13.1 Å². The van der Waals surface area contributed by atoms with Crippen molar-refractivity contribution >= 4 is 45.7 Å². The van der Waals surface area contributed by atoms with Gasteiger partial charge < -0.3 is 24.3 Å². The SMILES string of the molecule is COc1ccc(-c2cccc3nc(NC(=O)C(C)C)sc23)cc1-c1ccc(P(=O)(O)O)o1. The van der Waals surface area contributed by atoms with E-state index in [1.807, 2.05) is 44.2 Å². The van der Waals surface area contributed by atoms with Crippen LogP contribution in [-0.4, -0.2) is 27.8 Å². The lowest BCUT2D eigenvalue weighted by Gasteiger charge is -2.10. The Labute approximate surface area is 188 Å². The van der Waals surface area contributed by atoms with Crippen molar-refractivity contribution in [2.45, 2.75) is 13.8 Å². The van der Waals surface area contributed by atoms with Crippen LogP contribution in [0.3, 0.4) is 0 Å². The molecule has 0 saturated carbocycles. The van der Waals surface area contributed by atoms with Crippen molar-refractivity contribution < 1.29 is 28.3 Å². The van der Waals surface area contributed by atoms with Crippen molar-refractivity contribution in [3.63, 3.8) is 0 Å². The van der Waals surface area contributed by atoms with Gasteiger partial charge in [0.05, 0.1) is 22.9 Å². The molecule has 2 aromatic heterocycles. The number of thiazole rings is 1. The van der Waals surface area contributed by atoms with Crippen molar-refractivity contribution in [3.8, 4) is 28.2 Å². The number of amides is 1. The predicted octanol–water partition coefficient (Wildman–Crippen LogP) is 4.63. The van der Waals surface area contributed by atoms with Gasteiger partial charge in [-0.05, 0) is 35.9 Å². The Balaban J connectivity index is 1.79. The first-order valence-corrected chi connectivity index (χ1v) is 12.2. The molecule has 10 heteroatoms. The minimum Gasteiger partial charge on any atom is -0.496 e. The number of methoxy groups -OCH3 is 1. The summed E-state index contributed by atoms with van der Waals surface area (Å²) in [6.45, 7) is 3.64. The van der Waals surface area contributed by atoms with Gasteiger partial charge in [0, 0.05) is 11.5 Å². The molecule has 166 valence electrons. The van der Waals surface area contributed by atoms with E-state index in [9.17, 15) is 19.1 Å². The lowest BCUT2D eigenvalue weighted by atomic mass is 10.0. The van der Waals surface area contributed by atoms with E-state index in [1.165, 1.54) is 30.6 Å². The Hall–Kier alpha value is -2.97. The molecule has 3 N–H and O–H groups in total. The molecule has 0 saturated heterocycles. The first-order chi connectivity index (χ1) is 15.2. The summed E-state index contributed by atoms with van der Waals surface area (Å²) in [4.78, 5) is 35.3. The summed E-state index contributed by atoms with van der Waals surface area (Å²) in [6, 6.07) is 14.0. The van der Waals surface area contributed by atoms with Crippen LogP contribution in [0.4, 0.5) is 5.13 Å². The number of carbonyl (C=O) groups excluding carboxylic acids is 1. The molecule has 2 heterocycles. The second-order valence-corrected chi connectivity index (χ2v) is 9.94. The normalized spacial score (nSPS) is 11.8. The van der Waals surface area contributed by atoms with Gasteiger partial charge in [-0.25, -0.2) is 4.98 Å². The van der Waals surface area contributed by atoms with E-state index in [0.29, 0.717) is 16.4 Å². The highest BCUT2D eigenvalue weighted by Crippen LogP contribution is 2.41. The molecule has 0 aliphatic heterocycles. The zero-order valence-corrected chi connectivity index (χ0v) is 19.2. The van der Waals surface area contributed by atoms with Crippen LogP contribution in [0, 0.1) is 5.92 Å². The molecule has 0 bridgehead atoms. The Morgan fingerprint density at radius 2 is 1.94 bits per heavy atom. The molecule has 32 heavy (non-hydrogen) atoms. The standard InChI is InChI=1S/C22H21N2O6PS/c1-12(2)21(25)24-22-23-16-6-4-5-14(20(16)32-22)13-7-8-17(29-3)15(11-13)18-9-10-19(30-18)31(26,27)28/h4-12H,1-3H3,(H,23,24,25)(H2,26,27,28). The van der Waals surface area contributed by atoms with Crippen LogP contribution >= 0.6 is 18.9 Å². The van der Waals surface area contributed by atoms with Gasteiger partial charge >= 0.3 is 7.60 Å². The zero-order valence-electron chi connectivity index (χ0n) is 17.5. The fourth-order valence-electron chi connectivity index (χ4n) is 3.18. The largest absolute Gasteiger partial charge is 0.496 e. The van der Waals surface area contributed by atoms with Crippen LogP contribution < -0.4 is 15.6 Å². The third-order valence-electron chi connectivity index (χ3n) is 4.82. The van der Waals surface area contributed by atoms with E-state index in [2.05, 4.69) is 10.3 Å². The molecule has 0 atom stereocenters. The highest BCUT2D eigenvalue weighted by atomic mass is 32.1. The quantitative estimate of drug-likeness (QED) is 0.350. The number of nitrogens with zero attached hydrogens (tertiary/aromatic N) is 1. The van der Waals surface area contributed by atoms with Gasteiger partial charge in [0.2, 0.25) is 11.4 Å². The number of furan rings is 1. The maximum Gasteiger partial charge on any atom is 0.391 e. The smallest absolute Gasteiger partial charge is 0.391 e. The van der Waals surface area contributed by atoms with E-state index in [4.69, 9.17) is 9.15 Å². The van der Waals surface area contributed by atoms with Crippen LogP contribution in [0.1, 0.15) is 13.8 Å². The second kappa shape index (κ2) is 8.52. The summed E-state index contributed by atoms with van der Waals surface area (Å²) < 4.78 is 23.3. The number of nitrogens with one attached hydrogen (secondary N) is 1. The Morgan fingerprint density at radius 1 is 1.16 bits per heavy atom. The highest BCUT2D eigenvalue weighted by molar-refractivity contribution is 7.59. The topological polar surface area (TPSA) is 122 Å². The molecule has 4 rings (SSSR count). The Morgan fingerprint density at radius 3 is 2.59 bits per heavy atom. The van der Waals surface area contributed by atoms with E-state index in [-0.39, 0.29) is 17.6 Å². The molecule has 1 amide bonds. The number of carbonyl (C=O) groups is 1. The molecule has 2 aromatic carbocycles. The predicted molar refractivity (Wildman–Crippen MR) is 124 cm³/mol. The van der Waals surface area contributed by atoms with E-state index in [0.717, 1.165) is 21.3 Å². The summed E-state index contributed by atoms with van der Waals surface area (Å²) in [6.07, 6.45) is 0. The van der Waals surface area contributed by atoms with Gasteiger partial charge in [0.1, 0.15) is 11.5 Å². The summed E-state index contributed by atoms with van der Waals surface area (Å²) in [5.74, 6) is 0.526. The number of fused-ring (bicyclic) bond motifs is 1. The number of rotatable bonds is 6. The van der Waals surface area contributed by atoms with Gasteiger partial charge in [-0.3, -0.25) is 9.36 Å². The first-order valence-electron chi connectivity index (χ1n) is 9.72. The molecule has 4 aromatic rings. The molecule has 0 spiro atoms. The Kier molecular flexibility index (Phi) is 5.92. The van der Waals surface area contributed by atoms with Gasteiger partial charge in [-0.2, -0.15) is 0 Å². The van der Waals surface area contributed by atoms with Crippen LogP contribution in [0.15, 0.2) is 52.9 Å².